The number of halogens is 1. The molecule has 94 valence electrons. The van der Waals surface area contributed by atoms with Gasteiger partial charge in [-0.3, -0.25) is 10.1 Å². The highest BCUT2D eigenvalue weighted by Gasteiger charge is 2.14. The quantitative estimate of drug-likeness (QED) is 0.565. The number of rotatable bonds is 6. The molecule has 0 heterocycles. The number of nitro groups is 1. The van der Waals surface area contributed by atoms with Crippen molar-refractivity contribution in [2.75, 3.05) is 6.61 Å². The molecule has 0 fully saturated rings. The van der Waals surface area contributed by atoms with E-state index >= 15 is 0 Å². The second-order valence-corrected chi connectivity index (χ2v) is 4.08. The van der Waals surface area contributed by atoms with E-state index in [0.717, 1.165) is 25.0 Å². The molecule has 0 N–H and O–H groups in total. The van der Waals surface area contributed by atoms with Crippen molar-refractivity contribution in [1.82, 2.24) is 0 Å². The van der Waals surface area contributed by atoms with Gasteiger partial charge in [-0.1, -0.05) is 20.3 Å². The van der Waals surface area contributed by atoms with Crippen molar-refractivity contribution < 1.29 is 14.1 Å². The van der Waals surface area contributed by atoms with Gasteiger partial charge in [0.05, 0.1) is 11.5 Å². The summed E-state index contributed by atoms with van der Waals surface area (Å²) in [6, 6.07) is 3.59. The highest BCUT2D eigenvalue weighted by Crippen LogP contribution is 2.22. The molecule has 4 nitrogen and oxygen atoms in total. The first-order valence-corrected chi connectivity index (χ1v) is 5.61. The van der Waals surface area contributed by atoms with Crippen LogP contribution in [0.4, 0.5) is 10.1 Å². The standard InChI is InChI=1S/C12H16FNO3/c1-3-4-9(2)8-17-10-5-6-12(14(15)16)11(13)7-10/h5-7,9H,3-4,8H2,1-2H3. The lowest BCUT2D eigenvalue weighted by molar-refractivity contribution is -0.387. The lowest BCUT2D eigenvalue weighted by Gasteiger charge is -2.11. The highest BCUT2D eigenvalue weighted by molar-refractivity contribution is 5.37. The van der Waals surface area contributed by atoms with Gasteiger partial charge in [-0.25, -0.2) is 0 Å². The Morgan fingerprint density at radius 2 is 2.24 bits per heavy atom. The molecule has 0 aliphatic heterocycles. The number of benzene rings is 1. The second-order valence-electron chi connectivity index (χ2n) is 4.08. The zero-order valence-corrected chi connectivity index (χ0v) is 9.98. The van der Waals surface area contributed by atoms with Crippen molar-refractivity contribution in [1.29, 1.82) is 0 Å². The maximum atomic E-state index is 13.3. The van der Waals surface area contributed by atoms with Crippen LogP contribution in [0.25, 0.3) is 0 Å². The molecule has 0 radical (unpaired) electrons. The third-order valence-electron chi connectivity index (χ3n) is 2.43. The van der Waals surface area contributed by atoms with Gasteiger partial charge in [-0.2, -0.15) is 4.39 Å². The zero-order valence-electron chi connectivity index (χ0n) is 9.98. The monoisotopic (exact) mass is 241 g/mol. The fourth-order valence-corrected chi connectivity index (χ4v) is 1.54. The third kappa shape index (κ3) is 4.01. The van der Waals surface area contributed by atoms with Gasteiger partial charge < -0.3 is 4.74 Å². The van der Waals surface area contributed by atoms with E-state index in [9.17, 15) is 14.5 Å². The first-order valence-electron chi connectivity index (χ1n) is 5.61. The Bertz CT molecular complexity index is 395. The lowest BCUT2D eigenvalue weighted by atomic mass is 10.1. The molecular formula is C12H16FNO3. The first-order chi connectivity index (χ1) is 8.04. The van der Waals surface area contributed by atoms with Crippen LogP contribution in [-0.4, -0.2) is 11.5 Å². The largest absolute Gasteiger partial charge is 0.493 e. The zero-order chi connectivity index (χ0) is 12.8. The SMILES string of the molecule is CCCC(C)COc1ccc([N+](=O)[O-])c(F)c1. The average molecular weight is 241 g/mol. The number of hydrogen-bond acceptors (Lipinski definition) is 3. The van der Waals surface area contributed by atoms with Crippen LogP contribution in [0.15, 0.2) is 18.2 Å². The molecule has 5 heteroatoms. The maximum absolute atomic E-state index is 13.3. The molecule has 1 rings (SSSR count). The molecule has 0 aliphatic rings. The van der Waals surface area contributed by atoms with Crippen LogP contribution < -0.4 is 4.74 Å². The Balaban J connectivity index is 2.62. The Kier molecular flexibility index (Phi) is 4.87. The van der Waals surface area contributed by atoms with Crippen molar-refractivity contribution in [3.8, 4) is 5.75 Å². The Morgan fingerprint density at radius 3 is 2.76 bits per heavy atom. The molecule has 1 aromatic rings. The maximum Gasteiger partial charge on any atom is 0.305 e. The van der Waals surface area contributed by atoms with Crippen molar-refractivity contribution in [3.63, 3.8) is 0 Å². The topological polar surface area (TPSA) is 52.4 Å². The second kappa shape index (κ2) is 6.18. The Morgan fingerprint density at radius 1 is 1.53 bits per heavy atom. The van der Waals surface area contributed by atoms with Gasteiger partial charge in [-0.15, -0.1) is 0 Å². The number of ether oxygens (including phenoxy) is 1. The first kappa shape index (κ1) is 13.4. The molecule has 1 aromatic carbocycles. The summed E-state index contributed by atoms with van der Waals surface area (Å²) in [6.45, 7) is 4.62. The summed E-state index contributed by atoms with van der Waals surface area (Å²) in [5.41, 5.74) is -0.529. The number of hydrogen-bond donors (Lipinski definition) is 0. The van der Waals surface area contributed by atoms with Gasteiger partial charge in [0, 0.05) is 12.1 Å². The predicted octanol–water partition coefficient (Wildman–Crippen LogP) is 3.55. The molecule has 17 heavy (non-hydrogen) atoms. The van der Waals surface area contributed by atoms with Gasteiger partial charge in [0.2, 0.25) is 5.82 Å². The van der Waals surface area contributed by atoms with Gasteiger partial charge in [-0.05, 0) is 18.4 Å². The van der Waals surface area contributed by atoms with Crippen LogP contribution in [0, 0.1) is 21.8 Å². The van der Waals surface area contributed by atoms with Crippen LogP contribution in [-0.2, 0) is 0 Å². The highest BCUT2D eigenvalue weighted by atomic mass is 19.1. The molecule has 1 atom stereocenters. The molecule has 0 spiro atoms. The van der Waals surface area contributed by atoms with Gasteiger partial charge >= 0.3 is 5.69 Å². The molecular weight excluding hydrogens is 225 g/mol. The summed E-state index contributed by atoms with van der Waals surface area (Å²) in [6.07, 6.45) is 2.11. The summed E-state index contributed by atoms with van der Waals surface area (Å²) in [4.78, 5) is 9.66. The minimum Gasteiger partial charge on any atom is -0.493 e. The van der Waals surface area contributed by atoms with Crippen LogP contribution >= 0.6 is 0 Å². The Hall–Kier alpha value is -1.65. The minimum atomic E-state index is -0.865. The molecule has 0 saturated heterocycles. The van der Waals surface area contributed by atoms with Crippen LogP contribution in [0.2, 0.25) is 0 Å². The molecule has 0 aromatic heterocycles. The molecule has 0 saturated carbocycles. The van der Waals surface area contributed by atoms with E-state index < -0.39 is 16.4 Å². The van der Waals surface area contributed by atoms with Gasteiger partial charge in [0.1, 0.15) is 5.75 Å². The fraction of sp³-hybridized carbons (Fsp3) is 0.500. The minimum absolute atomic E-state index is 0.330. The number of nitrogens with zero attached hydrogens (tertiary/aromatic N) is 1. The lowest BCUT2D eigenvalue weighted by Crippen LogP contribution is -2.08. The summed E-state index contributed by atoms with van der Waals surface area (Å²) in [5.74, 6) is -0.148. The van der Waals surface area contributed by atoms with Crippen LogP contribution in [0.1, 0.15) is 26.7 Å². The van der Waals surface area contributed by atoms with Crippen molar-refractivity contribution >= 4 is 5.69 Å². The summed E-state index contributed by atoms with van der Waals surface area (Å²) >= 11 is 0. The molecule has 0 bridgehead atoms. The molecule has 0 amide bonds. The summed E-state index contributed by atoms with van der Waals surface area (Å²) in [7, 11) is 0. The van der Waals surface area contributed by atoms with E-state index in [0.29, 0.717) is 18.3 Å². The van der Waals surface area contributed by atoms with Crippen molar-refractivity contribution in [2.24, 2.45) is 5.92 Å². The third-order valence-corrected chi connectivity index (χ3v) is 2.43. The summed E-state index contributed by atoms with van der Waals surface area (Å²) in [5, 5.41) is 10.4. The van der Waals surface area contributed by atoms with Crippen molar-refractivity contribution in [2.45, 2.75) is 26.7 Å². The normalized spacial score (nSPS) is 12.2. The number of nitro benzene ring substituents is 1. The van der Waals surface area contributed by atoms with E-state index in [2.05, 4.69) is 6.92 Å². The van der Waals surface area contributed by atoms with E-state index in [-0.39, 0.29) is 0 Å². The van der Waals surface area contributed by atoms with Crippen LogP contribution in [0.3, 0.4) is 0 Å². The van der Waals surface area contributed by atoms with Gasteiger partial charge in [0.25, 0.3) is 0 Å². The van der Waals surface area contributed by atoms with E-state index in [1.165, 1.54) is 6.07 Å². The van der Waals surface area contributed by atoms with Gasteiger partial charge in [0.15, 0.2) is 0 Å². The average Bonchev–Trinajstić information content (AvgIpc) is 2.26. The fourth-order valence-electron chi connectivity index (χ4n) is 1.54. The van der Waals surface area contributed by atoms with E-state index in [1.54, 1.807) is 0 Å². The molecule has 1 unspecified atom stereocenters. The summed E-state index contributed by atoms with van der Waals surface area (Å²) < 4.78 is 18.6. The van der Waals surface area contributed by atoms with E-state index in [1.807, 2.05) is 6.92 Å². The predicted molar refractivity (Wildman–Crippen MR) is 62.6 cm³/mol. The molecule has 0 aliphatic carbocycles. The van der Waals surface area contributed by atoms with Crippen LogP contribution in [0.5, 0.6) is 5.75 Å². The Labute approximate surface area is 99.6 Å². The van der Waals surface area contributed by atoms with E-state index in [4.69, 9.17) is 4.74 Å². The smallest absolute Gasteiger partial charge is 0.305 e. The van der Waals surface area contributed by atoms with Crippen molar-refractivity contribution in [3.05, 3.63) is 34.1 Å².